The monoisotopic (exact) mass is 520 g/mol. The van der Waals surface area contributed by atoms with Crippen LogP contribution in [-0.4, -0.2) is 42.9 Å². The molecule has 3 heterocycles. The molecule has 0 aliphatic rings. The Morgan fingerprint density at radius 3 is 2.69 bits per heavy atom. The summed E-state index contributed by atoms with van der Waals surface area (Å²) in [5.74, 6) is -0.954. The zero-order chi connectivity index (χ0) is 26.0. The Balaban J connectivity index is 1.50. The van der Waals surface area contributed by atoms with Crippen LogP contribution in [0.4, 0.5) is 18.9 Å². The summed E-state index contributed by atoms with van der Waals surface area (Å²) < 4.78 is 46.6. The molecule has 13 heteroatoms. The predicted molar refractivity (Wildman–Crippen MR) is 125 cm³/mol. The maximum absolute atomic E-state index is 13.0. The summed E-state index contributed by atoms with van der Waals surface area (Å²) in [6.45, 7) is 3.24. The van der Waals surface area contributed by atoms with Crippen molar-refractivity contribution in [3.05, 3.63) is 64.7 Å². The fourth-order valence-corrected chi connectivity index (χ4v) is 3.82. The maximum Gasteiger partial charge on any atom is 0.436 e. The van der Waals surface area contributed by atoms with E-state index in [4.69, 9.17) is 16.3 Å². The van der Waals surface area contributed by atoms with Gasteiger partial charge in [-0.3, -0.25) is 9.48 Å². The summed E-state index contributed by atoms with van der Waals surface area (Å²) in [5.41, 5.74) is 1.27. The number of benzene rings is 1. The summed E-state index contributed by atoms with van der Waals surface area (Å²) >= 11 is 5.75. The van der Waals surface area contributed by atoms with Crippen LogP contribution in [0, 0.1) is 6.92 Å². The van der Waals surface area contributed by atoms with Gasteiger partial charge in [0.15, 0.2) is 11.3 Å². The number of rotatable bonds is 7. The van der Waals surface area contributed by atoms with Gasteiger partial charge in [0, 0.05) is 23.9 Å². The molecule has 0 fully saturated rings. The summed E-state index contributed by atoms with van der Waals surface area (Å²) in [4.78, 5) is 28.9. The molecule has 188 valence electrons. The van der Waals surface area contributed by atoms with E-state index in [1.165, 1.54) is 23.8 Å². The van der Waals surface area contributed by atoms with E-state index in [1.807, 2.05) is 0 Å². The lowest BCUT2D eigenvalue weighted by Gasteiger charge is -2.10. The molecule has 0 aliphatic carbocycles. The molecule has 4 aromatic rings. The molecule has 3 aromatic heterocycles. The van der Waals surface area contributed by atoms with E-state index < -0.39 is 28.8 Å². The van der Waals surface area contributed by atoms with Crippen LogP contribution in [-0.2, 0) is 22.3 Å². The maximum atomic E-state index is 13.0. The Hall–Kier alpha value is -3.93. The van der Waals surface area contributed by atoms with Crippen LogP contribution < -0.4 is 5.32 Å². The molecule has 0 radical (unpaired) electrons. The number of halogens is 4. The van der Waals surface area contributed by atoms with Crippen LogP contribution in [0.5, 0.6) is 0 Å². The number of hydrogen-bond donors (Lipinski definition) is 1. The molecule has 0 saturated carbocycles. The molecule has 0 bridgehead atoms. The van der Waals surface area contributed by atoms with Crippen molar-refractivity contribution in [1.82, 2.24) is 24.4 Å². The van der Waals surface area contributed by atoms with Crippen molar-refractivity contribution in [3.8, 4) is 11.3 Å². The number of aromatic nitrogens is 5. The first-order valence-electron chi connectivity index (χ1n) is 10.8. The fraction of sp³-hybridized carbons (Fsp3) is 0.261. The smallest absolute Gasteiger partial charge is 0.436 e. The van der Waals surface area contributed by atoms with Gasteiger partial charge >= 0.3 is 12.1 Å². The molecule has 1 aromatic carbocycles. The van der Waals surface area contributed by atoms with Gasteiger partial charge in [0.05, 0.1) is 35.8 Å². The van der Waals surface area contributed by atoms with Gasteiger partial charge in [0.25, 0.3) is 0 Å². The van der Waals surface area contributed by atoms with Crippen LogP contribution in [0.15, 0.2) is 42.7 Å². The zero-order valence-electron chi connectivity index (χ0n) is 19.1. The Morgan fingerprint density at radius 2 is 2.00 bits per heavy atom. The lowest BCUT2D eigenvalue weighted by molar-refractivity contribution is -0.141. The average molecular weight is 521 g/mol. The SMILES string of the molecule is CCOC(=O)c1cnn2c(-c3cccc(NC(=O)CCn4nc(C(F)(F)F)c(Cl)c4C)c3)ccnc12. The molecule has 0 atom stereocenters. The molecule has 9 nitrogen and oxygen atoms in total. The number of hydrogen-bond acceptors (Lipinski definition) is 6. The molecule has 36 heavy (non-hydrogen) atoms. The molecule has 4 rings (SSSR count). The average Bonchev–Trinajstić information content (AvgIpc) is 3.39. The van der Waals surface area contributed by atoms with E-state index in [1.54, 1.807) is 37.3 Å². The van der Waals surface area contributed by atoms with Crippen LogP contribution in [0.1, 0.15) is 35.1 Å². The number of carbonyl (C=O) groups is 2. The van der Waals surface area contributed by atoms with Gasteiger partial charge in [-0.05, 0) is 32.0 Å². The molecular formula is C23H20ClF3N6O3. The molecule has 1 N–H and O–H groups in total. The Labute approximate surface area is 207 Å². The number of alkyl halides is 3. The molecule has 0 spiro atoms. The molecule has 0 saturated heterocycles. The van der Waals surface area contributed by atoms with Gasteiger partial charge in [0.1, 0.15) is 5.56 Å². The molecule has 0 unspecified atom stereocenters. The summed E-state index contributed by atoms with van der Waals surface area (Å²) in [7, 11) is 0. The third-order valence-electron chi connectivity index (χ3n) is 5.29. The van der Waals surface area contributed by atoms with E-state index in [0.29, 0.717) is 22.6 Å². The number of amides is 1. The van der Waals surface area contributed by atoms with Gasteiger partial charge < -0.3 is 10.1 Å². The number of anilines is 1. The number of carbonyl (C=O) groups excluding carboxylic acids is 2. The third-order valence-corrected chi connectivity index (χ3v) is 5.74. The quantitative estimate of drug-likeness (QED) is 0.352. The zero-order valence-corrected chi connectivity index (χ0v) is 19.9. The second kappa shape index (κ2) is 9.97. The highest BCUT2D eigenvalue weighted by atomic mass is 35.5. The van der Waals surface area contributed by atoms with Gasteiger partial charge in [-0.1, -0.05) is 23.7 Å². The van der Waals surface area contributed by atoms with Crippen molar-refractivity contribution < 1.29 is 27.5 Å². The Kier molecular flexibility index (Phi) is 6.97. The summed E-state index contributed by atoms with van der Waals surface area (Å²) in [5, 5.41) is 10.00. The second-order valence-electron chi connectivity index (χ2n) is 7.69. The lowest BCUT2D eigenvalue weighted by atomic mass is 10.1. The van der Waals surface area contributed by atoms with E-state index in [-0.39, 0.29) is 30.8 Å². The minimum Gasteiger partial charge on any atom is -0.462 e. The van der Waals surface area contributed by atoms with Crippen LogP contribution in [0.3, 0.4) is 0 Å². The number of nitrogens with one attached hydrogen (secondary N) is 1. The van der Waals surface area contributed by atoms with Gasteiger partial charge in [-0.2, -0.15) is 23.4 Å². The summed E-state index contributed by atoms with van der Waals surface area (Å²) in [6.07, 6.45) is -1.89. The van der Waals surface area contributed by atoms with Gasteiger partial charge in [0.2, 0.25) is 5.91 Å². The standard InChI is InChI=1S/C23H20ClF3N6O3/c1-3-36-22(35)16-12-29-33-17(7-9-28-21(16)33)14-5-4-6-15(11-14)30-18(34)8-10-32-13(2)19(24)20(31-32)23(25,26)27/h4-7,9,11-12H,3,8,10H2,1-2H3,(H,30,34). The first-order valence-corrected chi connectivity index (χ1v) is 11.2. The first kappa shape index (κ1) is 25.2. The molecular weight excluding hydrogens is 501 g/mol. The van der Waals surface area contributed by atoms with Crippen molar-refractivity contribution in [2.45, 2.75) is 33.0 Å². The third kappa shape index (κ3) is 5.03. The Morgan fingerprint density at radius 1 is 1.22 bits per heavy atom. The normalized spacial score (nSPS) is 11.6. The summed E-state index contributed by atoms with van der Waals surface area (Å²) in [6, 6.07) is 8.60. The second-order valence-corrected chi connectivity index (χ2v) is 8.07. The minimum atomic E-state index is -4.68. The van der Waals surface area contributed by atoms with E-state index in [9.17, 15) is 22.8 Å². The van der Waals surface area contributed by atoms with Crippen LogP contribution in [0.25, 0.3) is 16.9 Å². The van der Waals surface area contributed by atoms with E-state index in [0.717, 1.165) is 4.68 Å². The largest absolute Gasteiger partial charge is 0.462 e. The Bertz CT molecular complexity index is 1450. The minimum absolute atomic E-state index is 0.0813. The van der Waals surface area contributed by atoms with Crippen molar-refractivity contribution in [2.24, 2.45) is 0 Å². The predicted octanol–water partition coefficient (Wildman–Crippen LogP) is 4.78. The van der Waals surface area contributed by atoms with Gasteiger partial charge in [-0.25, -0.2) is 14.3 Å². The van der Waals surface area contributed by atoms with Crippen molar-refractivity contribution >= 4 is 34.8 Å². The number of aryl methyl sites for hydroxylation is 1. The highest BCUT2D eigenvalue weighted by molar-refractivity contribution is 6.31. The van der Waals surface area contributed by atoms with Gasteiger partial charge in [-0.15, -0.1) is 0 Å². The van der Waals surface area contributed by atoms with E-state index in [2.05, 4.69) is 20.5 Å². The molecule has 1 amide bonds. The number of fused-ring (bicyclic) bond motifs is 1. The van der Waals surface area contributed by atoms with Crippen LogP contribution in [0.2, 0.25) is 5.02 Å². The number of esters is 1. The first-order chi connectivity index (χ1) is 17.1. The lowest BCUT2D eigenvalue weighted by Crippen LogP contribution is -2.16. The number of ether oxygens (including phenoxy) is 1. The highest BCUT2D eigenvalue weighted by Gasteiger charge is 2.38. The molecule has 0 aliphatic heterocycles. The van der Waals surface area contributed by atoms with Crippen molar-refractivity contribution in [3.63, 3.8) is 0 Å². The highest BCUT2D eigenvalue weighted by Crippen LogP contribution is 2.35. The fourth-order valence-electron chi connectivity index (χ4n) is 3.57. The van der Waals surface area contributed by atoms with Crippen molar-refractivity contribution in [2.75, 3.05) is 11.9 Å². The van der Waals surface area contributed by atoms with Crippen LogP contribution >= 0.6 is 11.6 Å². The number of nitrogens with zero attached hydrogens (tertiary/aromatic N) is 5. The van der Waals surface area contributed by atoms with E-state index >= 15 is 0 Å². The topological polar surface area (TPSA) is 103 Å². The van der Waals surface area contributed by atoms with Crippen molar-refractivity contribution in [1.29, 1.82) is 0 Å².